The Morgan fingerprint density at radius 1 is 0.480 bits per heavy atom. The van der Waals surface area contributed by atoms with Gasteiger partial charge in [0.2, 0.25) is 5.91 Å². The van der Waals surface area contributed by atoms with E-state index in [9.17, 15) is 19.4 Å². The fourth-order valence-corrected chi connectivity index (χ4v) is 8.63. The number of phosphoric acid groups is 1. The van der Waals surface area contributed by atoms with Crippen molar-refractivity contribution >= 4 is 13.7 Å². The van der Waals surface area contributed by atoms with Crippen LogP contribution in [0.5, 0.6) is 0 Å². The summed E-state index contributed by atoms with van der Waals surface area (Å²) >= 11 is 0. The maximum Gasteiger partial charge on any atom is 0.268 e. The monoisotopic (exact) mass is 1060 g/mol. The fraction of sp³-hybridized carbons (Fsp3) is 0.652. The molecule has 3 atom stereocenters. The van der Waals surface area contributed by atoms with Gasteiger partial charge in [-0.05, 0) is 109 Å². The summed E-state index contributed by atoms with van der Waals surface area (Å²) in [6.45, 7) is 4.47. The Morgan fingerprint density at radius 3 is 1.24 bits per heavy atom. The molecule has 0 spiro atoms. The second kappa shape index (κ2) is 55.4. The van der Waals surface area contributed by atoms with E-state index in [1.165, 1.54) is 109 Å². The number of aliphatic hydroxyl groups is 1. The highest BCUT2D eigenvalue weighted by atomic mass is 31.2. The van der Waals surface area contributed by atoms with Gasteiger partial charge in [-0.1, -0.05) is 244 Å². The molecule has 428 valence electrons. The van der Waals surface area contributed by atoms with E-state index in [2.05, 4.69) is 141 Å². The first-order valence-electron chi connectivity index (χ1n) is 30.0. The molecule has 0 radical (unpaired) electrons. The number of aliphatic hydroxyl groups excluding tert-OH is 1. The molecule has 0 aliphatic carbocycles. The molecule has 0 saturated heterocycles. The Bertz CT molecular complexity index is 1680. The normalized spacial score (nSPS) is 14.8. The fourth-order valence-electron chi connectivity index (χ4n) is 7.91. The molecule has 0 aliphatic heterocycles. The van der Waals surface area contributed by atoms with Gasteiger partial charge in [0, 0.05) is 6.42 Å². The minimum Gasteiger partial charge on any atom is -0.756 e. The van der Waals surface area contributed by atoms with Gasteiger partial charge in [-0.2, -0.15) is 0 Å². The molecule has 0 aromatic rings. The lowest BCUT2D eigenvalue weighted by Gasteiger charge is -2.29. The topological polar surface area (TPSA) is 108 Å². The largest absolute Gasteiger partial charge is 0.756 e. The minimum absolute atomic E-state index is 0.0256. The molecular formula is C66H113N2O6P. The average Bonchev–Trinajstić information content (AvgIpc) is 3.37. The molecule has 0 fully saturated rings. The molecule has 1 amide bonds. The van der Waals surface area contributed by atoms with E-state index < -0.39 is 26.6 Å². The molecular weight excluding hydrogens is 948 g/mol. The zero-order valence-corrected chi connectivity index (χ0v) is 49.6. The van der Waals surface area contributed by atoms with Gasteiger partial charge < -0.3 is 28.8 Å². The lowest BCUT2D eigenvalue weighted by atomic mass is 10.0. The maximum atomic E-state index is 13.0. The lowest BCUT2D eigenvalue weighted by Crippen LogP contribution is -2.45. The van der Waals surface area contributed by atoms with Gasteiger partial charge in [0.1, 0.15) is 13.2 Å². The third kappa shape index (κ3) is 58.2. The van der Waals surface area contributed by atoms with Crippen LogP contribution in [0.4, 0.5) is 0 Å². The summed E-state index contributed by atoms with van der Waals surface area (Å²) in [5.41, 5.74) is 0. The van der Waals surface area contributed by atoms with Crippen molar-refractivity contribution in [1.82, 2.24) is 5.32 Å². The number of quaternary nitrogens is 1. The number of carbonyl (C=O) groups excluding carboxylic acids is 1. The van der Waals surface area contributed by atoms with E-state index in [-0.39, 0.29) is 18.9 Å². The molecule has 0 saturated carbocycles. The van der Waals surface area contributed by atoms with Gasteiger partial charge in [-0.3, -0.25) is 9.36 Å². The summed E-state index contributed by atoms with van der Waals surface area (Å²) in [7, 11) is 1.19. The van der Waals surface area contributed by atoms with Crippen LogP contribution in [0.15, 0.2) is 134 Å². The van der Waals surface area contributed by atoms with E-state index in [4.69, 9.17) is 9.05 Å². The van der Waals surface area contributed by atoms with Gasteiger partial charge in [-0.25, -0.2) is 0 Å². The Hall–Kier alpha value is -3.36. The number of carbonyl (C=O) groups is 1. The SMILES string of the molecule is CC/C=C\C/C=C\C/C=C\C/C=C\C/C=C\C/C=C\C/C=C\C/C=C\CCCCC(=O)NC(COP(=O)([O-])OCC[N+](C)(C)C)C(O)/C=C/CC/C=C/CC/C=C/CCCCCCCCCCCCCCCCCC. The van der Waals surface area contributed by atoms with Crippen LogP contribution in [0.1, 0.15) is 226 Å². The van der Waals surface area contributed by atoms with Crippen LogP contribution in [0.2, 0.25) is 0 Å². The minimum atomic E-state index is -4.63. The molecule has 3 unspecified atom stereocenters. The van der Waals surface area contributed by atoms with Crippen LogP contribution in [-0.2, 0) is 18.4 Å². The average molecular weight is 1060 g/mol. The van der Waals surface area contributed by atoms with Crippen LogP contribution in [0.3, 0.4) is 0 Å². The predicted molar refractivity (Wildman–Crippen MR) is 325 cm³/mol. The van der Waals surface area contributed by atoms with Crippen molar-refractivity contribution in [2.24, 2.45) is 0 Å². The molecule has 75 heavy (non-hydrogen) atoms. The van der Waals surface area contributed by atoms with E-state index in [1.807, 2.05) is 27.2 Å². The van der Waals surface area contributed by atoms with Gasteiger partial charge in [0.15, 0.2) is 0 Å². The number of phosphoric ester groups is 1. The van der Waals surface area contributed by atoms with Crippen LogP contribution in [0.25, 0.3) is 0 Å². The number of allylic oxidation sites excluding steroid dienone is 21. The Kier molecular flexibility index (Phi) is 52.9. The van der Waals surface area contributed by atoms with E-state index in [1.54, 1.807) is 6.08 Å². The van der Waals surface area contributed by atoms with Crippen molar-refractivity contribution in [3.05, 3.63) is 134 Å². The van der Waals surface area contributed by atoms with Crippen LogP contribution in [0, 0.1) is 0 Å². The standard InChI is InChI=1S/C66H113N2O6P/c1-6-8-10-12-14-16-18-20-22-24-26-28-30-32-34-36-38-40-42-44-46-48-50-52-54-56-58-60-66(70)67-64(63-74-75(71,72)73-62-61-68(3,4)5)65(69)59-57-55-53-51-49-47-45-43-41-39-37-35-33-31-29-27-25-23-21-19-17-15-13-11-9-7-2/h8,10,14,16,20,22,26,28,32,34,38,40-41,43-44,46,49-52,57,59,64-65,69H,6-7,9,11-13,15,17-19,21,23-25,27,29-31,33,35-37,39,42,45,47-48,53-56,58,60-63H2,1-5H3,(H-,67,70,71,72)/b10-8-,16-14-,22-20-,28-26-,34-32-,40-38-,43-41+,46-44-,51-49+,52-50-,59-57+. The van der Waals surface area contributed by atoms with Gasteiger partial charge in [0.25, 0.3) is 7.82 Å². The highest BCUT2D eigenvalue weighted by Crippen LogP contribution is 2.38. The quantitative estimate of drug-likeness (QED) is 0.0272. The zero-order valence-electron chi connectivity index (χ0n) is 48.7. The first-order chi connectivity index (χ1) is 36.5. The second-order valence-electron chi connectivity index (χ2n) is 20.9. The Morgan fingerprint density at radius 2 is 0.827 bits per heavy atom. The zero-order chi connectivity index (χ0) is 54.9. The van der Waals surface area contributed by atoms with Crippen molar-refractivity contribution in [3.8, 4) is 0 Å². The van der Waals surface area contributed by atoms with Crippen molar-refractivity contribution in [3.63, 3.8) is 0 Å². The highest BCUT2D eigenvalue weighted by molar-refractivity contribution is 7.45. The molecule has 0 aromatic heterocycles. The molecule has 0 aromatic carbocycles. The van der Waals surface area contributed by atoms with Crippen molar-refractivity contribution in [1.29, 1.82) is 0 Å². The first-order valence-corrected chi connectivity index (χ1v) is 31.5. The number of nitrogens with zero attached hydrogens (tertiary/aromatic N) is 1. The molecule has 8 nitrogen and oxygen atoms in total. The maximum absolute atomic E-state index is 13.0. The third-order valence-electron chi connectivity index (χ3n) is 12.6. The molecule has 9 heteroatoms. The number of hydrogen-bond donors (Lipinski definition) is 2. The Balaban J connectivity index is 4.40. The predicted octanol–water partition coefficient (Wildman–Crippen LogP) is 18.1. The van der Waals surface area contributed by atoms with Gasteiger partial charge in [0.05, 0.1) is 39.9 Å². The summed E-state index contributed by atoms with van der Waals surface area (Å²) in [6, 6.07) is -0.945. The van der Waals surface area contributed by atoms with E-state index in [0.717, 1.165) is 83.5 Å². The number of hydrogen-bond acceptors (Lipinski definition) is 6. The highest BCUT2D eigenvalue weighted by Gasteiger charge is 2.23. The molecule has 0 rings (SSSR count). The summed E-state index contributed by atoms with van der Waals surface area (Å²) in [5.74, 6) is -0.258. The summed E-state index contributed by atoms with van der Waals surface area (Å²) in [5, 5.41) is 13.8. The van der Waals surface area contributed by atoms with Gasteiger partial charge in [-0.15, -0.1) is 0 Å². The van der Waals surface area contributed by atoms with Crippen molar-refractivity contribution in [2.75, 3.05) is 40.9 Å². The summed E-state index contributed by atoms with van der Waals surface area (Å²) in [4.78, 5) is 25.5. The second-order valence-corrected chi connectivity index (χ2v) is 22.4. The summed E-state index contributed by atoms with van der Waals surface area (Å²) in [6.07, 6.45) is 84.0. The van der Waals surface area contributed by atoms with Crippen molar-refractivity contribution < 1.29 is 32.9 Å². The van der Waals surface area contributed by atoms with Gasteiger partial charge >= 0.3 is 0 Å². The number of rotatable bonds is 53. The molecule has 2 N–H and O–H groups in total. The Labute approximate surface area is 462 Å². The number of unbranched alkanes of at least 4 members (excludes halogenated alkanes) is 20. The van der Waals surface area contributed by atoms with Crippen LogP contribution < -0.4 is 10.2 Å². The number of amides is 1. The molecule has 0 aliphatic rings. The van der Waals surface area contributed by atoms with E-state index in [0.29, 0.717) is 23.9 Å². The summed E-state index contributed by atoms with van der Waals surface area (Å²) < 4.78 is 23.3. The van der Waals surface area contributed by atoms with Crippen LogP contribution in [-0.4, -0.2) is 68.5 Å². The lowest BCUT2D eigenvalue weighted by molar-refractivity contribution is -0.870. The molecule has 0 bridgehead atoms. The smallest absolute Gasteiger partial charge is 0.268 e. The van der Waals surface area contributed by atoms with Crippen LogP contribution >= 0.6 is 7.82 Å². The molecule has 0 heterocycles. The number of nitrogens with one attached hydrogen (secondary N) is 1. The number of likely N-dealkylation sites (N-methyl/N-ethyl adjacent to an activating group) is 1. The van der Waals surface area contributed by atoms with E-state index >= 15 is 0 Å². The first kappa shape index (κ1) is 71.6. The third-order valence-corrected chi connectivity index (χ3v) is 13.5. The van der Waals surface area contributed by atoms with Crippen molar-refractivity contribution in [2.45, 2.75) is 238 Å².